The molecule has 2 aromatic rings. The number of methoxy groups -OCH3 is 3. The molecule has 2 atom stereocenters. The summed E-state index contributed by atoms with van der Waals surface area (Å²) >= 11 is 8.11. The molecule has 8 nitrogen and oxygen atoms in total. The van der Waals surface area contributed by atoms with Gasteiger partial charge in [0, 0.05) is 11.8 Å². The number of aliphatic imine (C=N–C) groups is 2. The Morgan fingerprint density at radius 2 is 1.85 bits per heavy atom. The smallest absolute Gasteiger partial charge is 0.234 e. The zero-order valence-electron chi connectivity index (χ0n) is 18.8. The van der Waals surface area contributed by atoms with Crippen LogP contribution in [0.4, 0.5) is 0 Å². The Morgan fingerprint density at radius 1 is 1.12 bits per heavy atom. The Bertz CT molecular complexity index is 1030. The number of para-hydroxylation sites is 1. The van der Waals surface area contributed by atoms with E-state index in [0.29, 0.717) is 41.7 Å². The van der Waals surface area contributed by atoms with E-state index in [1.165, 1.54) is 33.1 Å². The SMILES string of the molecule is COc1cc(C2=NC(SC)N=CC2C(=O)NCCOc2ccccc2)c(Cl)c(OC)c1OC. The van der Waals surface area contributed by atoms with Crippen LogP contribution in [-0.4, -0.2) is 64.1 Å². The van der Waals surface area contributed by atoms with E-state index in [1.807, 2.05) is 36.6 Å². The van der Waals surface area contributed by atoms with E-state index in [2.05, 4.69) is 15.3 Å². The first-order valence-electron chi connectivity index (χ1n) is 10.1. The van der Waals surface area contributed by atoms with Crippen LogP contribution in [0.25, 0.3) is 0 Å². The minimum Gasteiger partial charge on any atom is -0.493 e. The normalized spacial score (nSPS) is 17.2. The Morgan fingerprint density at radius 3 is 2.48 bits per heavy atom. The van der Waals surface area contributed by atoms with Crippen molar-refractivity contribution in [2.24, 2.45) is 15.9 Å². The van der Waals surface area contributed by atoms with Crippen LogP contribution in [-0.2, 0) is 4.79 Å². The van der Waals surface area contributed by atoms with Gasteiger partial charge in [0.25, 0.3) is 0 Å². The van der Waals surface area contributed by atoms with Crippen molar-refractivity contribution in [1.29, 1.82) is 0 Å². The number of thioether (sulfide) groups is 1. The summed E-state index contributed by atoms with van der Waals surface area (Å²) in [4.78, 5) is 22.1. The Hall–Kier alpha value is -2.91. The highest BCUT2D eigenvalue weighted by atomic mass is 35.5. The second-order valence-electron chi connectivity index (χ2n) is 6.81. The fourth-order valence-electron chi connectivity index (χ4n) is 3.28. The number of rotatable bonds is 10. The Labute approximate surface area is 202 Å². The zero-order chi connectivity index (χ0) is 23.8. The van der Waals surface area contributed by atoms with Gasteiger partial charge in [0.2, 0.25) is 11.7 Å². The lowest BCUT2D eigenvalue weighted by atomic mass is 9.95. The summed E-state index contributed by atoms with van der Waals surface area (Å²) in [6.07, 6.45) is 3.48. The predicted octanol–water partition coefficient (Wildman–Crippen LogP) is 3.70. The molecule has 0 saturated carbocycles. The lowest BCUT2D eigenvalue weighted by molar-refractivity contribution is -0.121. The lowest BCUT2D eigenvalue weighted by Crippen LogP contribution is -2.40. The fraction of sp³-hybridized carbons (Fsp3) is 0.348. The molecule has 0 spiro atoms. The summed E-state index contributed by atoms with van der Waals surface area (Å²) in [6.45, 7) is 0.644. The van der Waals surface area contributed by atoms with Crippen molar-refractivity contribution in [3.63, 3.8) is 0 Å². The van der Waals surface area contributed by atoms with Crippen LogP contribution in [0.3, 0.4) is 0 Å². The lowest BCUT2D eigenvalue weighted by Gasteiger charge is -2.24. The van der Waals surface area contributed by atoms with Crippen LogP contribution >= 0.6 is 23.4 Å². The van der Waals surface area contributed by atoms with E-state index in [0.717, 1.165) is 5.75 Å². The van der Waals surface area contributed by atoms with Gasteiger partial charge in [-0.2, -0.15) is 0 Å². The molecule has 0 radical (unpaired) electrons. The topological polar surface area (TPSA) is 90.7 Å². The van der Waals surface area contributed by atoms with E-state index in [9.17, 15) is 4.79 Å². The van der Waals surface area contributed by atoms with Gasteiger partial charge < -0.3 is 24.3 Å². The van der Waals surface area contributed by atoms with Crippen molar-refractivity contribution < 1.29 is 23.7 Å². The molecule has 0 aliphatic carbocycles. The number of benzene rings is 2. The second-order valence-corrected chi connectivity index (χ2v) is 8.08. The highest BCUT2D eigenvalue weighted by Crippen LogP contribution is 2.45. The largest absolute Gasteiger partial charge is 0.493 e. The molecule has 3 rings (SSSR count). The van der Waals surface area contributed by atoms with Crippen LogP contribution in [0.2, 0.25) is 5.02 Å². The average Bonchev–Trinajstić information content (AvgIpc) is 2.86. The van der Waals surface area contributed by atoms with Crippen LogP contribution in [0.1, 0.15) is 5.56 Å². The maximum Gasteiger partial charge on any atom is 0.234 e. The highest BCUT2D eigenvalue weighted by Gasteiger charge is 2.32. The van der Waals surface area contributed by atoms with Gasteiger partial charge in [0.15, 0.2) is 17.0 Å². The van der Waals surface area contributed by atoms with Gasteiger partial charge in [-0.1, -0.05) is 29.8 Å². The third-order valence-electron chi connectivity index (χ3n) is 4.86. The van der Waals surface area contributed by atoms with Crippen molar-refractivity contribution in [3.05, 3.63) is 47.0 Å². The van der Waals surface area contributed by atoms with Gasteiger partial charge in [0.1, 0.15) is 18.3 Å². The van der Waals surface area contributed by atoms with Gasteiger partial charge in [-0.25, -0.2) is 0 Å². The molecule has 1 N–H and O–H groups in total. The molecule has 1 aliphatic rings. The molecule has 0 fully saturated rings. The summed E-state index contributed by atoms with van der Waals surface area (Å²) in [7, 11) is 4.50. The molecule has 0 saturated heterocycles. The quantitative estimate of drug-likeness (QED) is 0.510. The van der Waals surface area contributed by atoms with Gasteiger partial charge in [-0.15, -0.1) is 11.8 Å². The molecule has 0 bridgehead atoms. The number of hydrogen-bond donors (Lipinski definition) is 1. The molecular weight excluding hydrogens is 466 g/mol. The number of nitrogens with zero attached hydrogens (tertiary/aromatic N) is 2. The predicted molar refractivity (Wildman–Crippen MR) is 132 cm³/mol. The molecule has 33 heavy (non-hydrogen) atoms. The van der Waals surface area contributed by atoms with Crippen LogP contribution < -0.4 is 24.3 Å². The summed E-state index contributed by atoms with van der Waals surface area (Å²) in [5.41, 5.74) is 0.591. The molecule has 1 aliphatic heterocycles. The molecular formula is C23H26ClN3O5S. The maximum absolute atomic E-state index is 13.1. The van der Waals surface area contributed by atoms with E-state index in [4.69, 9.17) is 30.5 Å². The third-order valence-corrected chi connectivity index (χ3v) is 5.88. The number of amides is 1. The summed E-state index contributed by atoms with van der Waals surface area (Å²) in [5, 5.41) is 3.15. The van der Waals surface area contributed by atoms with Crippen molar-refractivity contribution in [2.75, 3.05) is 40.7 Å². The molecule has 1 amide bonds. The molecule has 0 aromatic heterocycles. The second kappa shape index (κ2) is 11.8. The summed E-state index contributed by atoms with van der Waals surface area (Å²) in [5.74, 6) is 0.799. The average molecular weight is 492 g/mol. The van der Waals surface area contributed by atoms with Crippen LogP contribution in [0.5, 0.6) is 23.0 Å². The van der Waals surface area contributed by atoms with Crippen molar-refractivity contribution >= 4 is 41.2 Å². The monoisotopic (exact) mass is 491 g/mol. The standard InChI is InChI=1S/C23H26ClN3O5S/c1-29-17-12-15(18(24)21(31-3)20(17)30-2)19-16(13-26-23(27-19)33-4)22(28)25-10-11-32-14-8-6-5-7-9-14/h5-9,12-13,16,23H,10-11H2,1-4H3,(H,25,28). The van der Waals surface area contributed by atoms with E-state index in [-0.39, 0.29) is 16.4 Å². The molecule has 10 heteroatoms. The molecule has 176 valence electrons. The van der Waals surface area contributed by atoms with Gasteiger partial charge in [-0.3, -0.25) is 14.8 Å². The van der Waals surface area contributed by atoms with Gasteiger partial charge in [-0.05, 0) is 24.5 Å². The first-order valence-corrected chi connectivity index (χ1v) is 11.8. The van der Waals surface area contributed by atoms with Gasteiger partial charge in [0.05, 0.1) is 38.6 Å². The van der Waals surface area contributed by atoms with Crippen molar-refractivity contribution in [1.82, 2.24) is 5.32 Å². The van der Waals surface area contributed by atoms with Crippen LogP contribution in [0, 0.1) is 5.92 Å². The molecule has 1 heterocycles. The first-order chi connectivity index (χ1) is 16.0. The third kappa shape index (κ3) is 5.72. The number of ether oxygens (including phenoxy) is 4. The summed E-state index contributed by atoms with van der Waals surface area (Å²) < 4.78 is 22.0. The van der Waals surface area contributed by atoms with Crippen molar-refractivity contribution in [3.8, 4) is 23.0 Å². The fourth-order valence-corrected chi connectivity index (χ4v) is 4.01. The molecule has 2 unspecified atom stereocenters. The van der Waals surface area contributed by atoms with E-state index >= 15 is 0 Å². The summed E-state index contributed by atoms with van der Waals surface area (Å²) in [6, 6.07) is 11.1. The van der Waals surface area contributed by atoms with Gasteiger partial charge >= 0.3 is 0 Å². The van der Waals surface area contributed by atoms with E-state index < -0.39 is 5.92 Å². The number of halogens is 1. The number of hydrogen-bond acceptors (Lipinski definition) is 8. The number of carbonyl (C=O) groups excluding carboxylic acids is 1. The number of nitrogens with one attached hydrogen (secondary N) is 1. The first kappa shape index (κ1) is 24.7. The Balaban J connectivity index is 1.84. The minimum atomic E-state index is -0.745. The minimum absolute atomic E-state index is 0.265. The highest BCUT2D eigenvalue weighted by molar-refractivity contribution is 7.99. The maximum atomic E-state index is 13.1. The van der Waals surface area contributed by atoms with E-state index in [1.54, 1.807) is 12.3 Å². The molecule has 2 aromatic carbocycles. The Kier molecular flexibility index (Phi) is 8.85. The van der Waals surface area contributed by atoms with Crippen molar-refractivity contribution in [2.45, 2.75) is 5.50 Å². The zero-order valence-corrected chi connectivity index (χ0v) is 20.4. The van der Waals surface area contributed by atoms with Crippen LogP contribution in [0.15, 0.2) is 46.4 Å². The number of carbonyl (C=O) groups is 1.